The quantitative estimate of drug-likeness (QED) is 0.789. The maximum atomic E-state index is 11.8. The van der Waals surface area contributed by atoms with Crippen LogP contribution in [0.15, 0.2) is 24.3 Å². The fraction of sp³-hybridized carbons (Fsp3) is 0.462. The Balaban J connectivity index is 2.14. The van der Waals surface area contributed by atoms with E-state index in [0.29, 0.717) is 31.9 Å². The number of para-hydroxylation sites is 2. The first-order chi connectivity index (χ1) is 10.6. The van der Waals surface area contributed by atoms with Crippen LogP contribution >= 0.6 is 34.8 Å². The summed E-state index contributed by atoms with van der Waals surface area (Å²) >= 11 is 16.7. The largest absolute Gasteiger partial charge is 0.367 e. The molecule has 1 amide bonds. The van der Waals surface area contributed by atoms with E-state index in [2.05, 4.69) is 5.32 Å². The van der Waals surface area contributed by atoms with Crippen LogP contribution in [0.4, 0.5) is 11.4 Å². The molecule has 6 nitrogen and oxygen atoms in total. The lowest BCUT2D eigenvalue weighted by Crippen LogP contribution is -2.48. The lowest BCUT2D eigenvalue weighted by atomic mass is 10.2. The molecule has 1 fully saturated rings. The average Bonchev–Trinajstić information content (AvgIpc) is 2.46. The molecule has 128 valence electrons. The number of nitrogens with zero attached hydrogens (tertiary/aromatic N) is 2. The topological polar surface area (TPSA) is 69.7 Å². The van der Waals surface area contributed by atoms with Gasteiger partial charge < -0.3 is 10.2 Å². The third kappa shape index (κ3) is 4.87. The highest BCUT2D eigenvalue weighted by Crippen LogP contribution is 2.31. The Kier molecular flexibility index (Phi) is 5.68. The van der Waals surface area contributed by atoms with Crippen molar-refractivity contribution in [3.63, 3.8) is 0 Å². The Morgan fingerprint density at radius 1 is 1.13 bits per heavy atom. The number of hydrogen-bond acceptors (Lipinski definition) is 4. The van der Waals surface area contributed by atoms with Crippen LogP contribution in [0.2, 0.25) is 0 Å². The molecule has 1 aromatic rings. The smallest absolute Gasteiger partial charge is 0.276 e. The van der Waals surface area contributed by atoms with E-state index in [9.17, 15) is 13.2 Å². The molecule has 1 saturated heterocycles. The van der Waals surface area contributed by atoms with Gasteiger partial charge in [0.15, 0.2) is 0 Å². The molecule has 23 heavy (non-hydrogen) atoms. The van der Waals surface area contributed by atoms with E-state index < -0.39 is 19.7 Å². The second kappa shape index (κ2) is 7.03. The van der Waals surface area contributed by atoms with Crippen molar-refractivity contribution in [1.82, 2.24) is 4.31 Å². The van der Waals surface area contributed by atoms with E-state index in [-0.39, 0.29) is 0 Å². The van der Waals surface area contributed by atoms with Crippen LogP contribution in [0.25, 0.3) is 0 Å². The maximum Gasteiger partial charge on any atom is 0.276 e. The molecule has 0 spiro atoms. The summed E-state index contributed by atoms with van der Waals surface area (Å²) in [4.78, 5) is 13.8. The standard InChI is InChI=1S/C13H16Cl3N3O3S/c1-23(21,22)19-8-6-18(7-9-19)11-5-3-2-4-10(11)17-12(20)13(14,15)16/h2-5H,6-9H2,1H3,(H,17,20). The van der Waals surface area contributed by atoms with E-state index in [1.807, 2.05) is 17.0 Å². The zero-order valence-corrected chi connectivity index (χ0v) is 15.4. The van der Waals surface area contributed by atoms with Crippen LogP contribution in [0.3, 0.4) is 0 Å². The van der Waals surface area contributed by atoms with Crippen LogP contribution < -0.4 is 10.2 Å². The number of benzene rings is 1. The summed E-state index contributed by atoms with van der Waals surface area (Å²) in [7, 11) is -3.20. The second-order valence-corrected chi connectivity index (χ2v) is 9.38. The molecule has 0 unspecified atom stereocenters. The zero-order valence-electron chi connectivity index (χ0n) is 12.3. The van der Waals surface area contributed by atoms with E-state index >= 15 is 0 Å². The highest BCUT2D eigenvalue weighted by atomic mass is 35.6. The minimum absolute atomic E-state index is 0.381. The summed E-state index contributed by atoms with van der Waals surface area (Å²) in [5.74, 6) is -0.746. The summed E-state index contributed by atoms with van der Waals surface area (Å²) in [5.41, 5.74) is 1.26. The van der Waals surface area contributed by atoms with Crippen LogP contribution in [-0.2, 0) is 14.8 Å². The Labute approximate surface area is 150 Å². The monoisotopic (exact) mass is 399 g/mol. The van der Waals surface area contributed by atoms with Crippen LogP contribution in [0, 0.1) is 0 Å². The van der Waals surface area contributed by atoms with Crippen molar-refractivity contribution >= 4 is 62.1 Å². The third-order valence-electron chi connectivity index (χ3n) is 3.46. The number of amides is 1. The zero-order chi connectivity index (χ0) is 17.3. The molecule has 0 aliphatic carbocycles. The van der Waals surface area contributed by atoms with Gasteiger partial charge in [-0.3, -0.25) is 4.79 Å². The maximum absolute atomic E-state index is 11.8. The van der Waals surface area contributed by atoms with Crippen molar-refractivity contribution in [1.29, 1.82) is 0 Å². The molecule has 1 N–H and O–H groups in total. The molecular formula is C13H16Cl3N3O3S. The molecule has 10 heteroatoms. The minimum Gasteiger partial charge on any atom is -0.367 e. The van der Waals surface area contributed by atoms with Crippen molar-refractivity contribution in [2.75, 3.05) is 42.7 Å². The SMILES string of the molecule is CS(=O)(=O)N1CCN(c2ccccc2NC(=O)C(Cl)(Cl)Cl)CC1. The summed E-state index contributed by atoms with van der Waals surface area (Å²) < 4.78 is 22.5. The van der Waals surface area contributed by atoms with Gasteiger partial charge in [0.05, 0.1) is 17.6 Å². The second-order valence-electron chi connectivity index (χ2n) is 5.12. The van der Waals surface area contributed by atoms with Crippen molar-refractivity contribution in [2.45, 2.75) is 3.79 Å². The fourth-order valence-corrected chi connectivity index (χ4v) is 3.28. The van der Waals surface area contributed by atoms with Gasteiger partial charge in [0.2, 0.25) is 10.0 Å². The van der Waals surface area contributed by atoms with Gasteiger partial charge in [-0.2, -0.15) is 4.31 Å². The van der Waals surface area contributed by atoms with Gasteiger partial charge in [-0.25, -0.2) is 8.42 Å². The number of carbonyl (C=O) groups excluding carboxylic acids is 1. The number of nitrogens with one attached hydrogen (secondary N) is 1. The first-order valence-electron chi connectivity index (χ1n) is 6.76. The van der Waals surface area contributed by atoms with Gasteiger partial charge in [-0.05, 0) is 12.1 Å². The van der Waals surface area contributed by atoms with Crippen molar-refractivity contribution in [3.8, 4) is 0 Å². The van der Waals surface area contributed by atoms with Crippen LogP contribution in [0.1, 0.15) is 0 Å². The molecule has 1 aliphatic heterocycles. The minimum atomic E-state index is -3.20. The lowest BCUT2D eigenvalue weighted by molar-refractivity contribution is -0.115. The average molecular weight is 401 g/mol. The van der Waals surface area contributed by atoms with Gasteiger partial charge in [0.1, 0.15) is 0 Å². The normalized spacial score (nSPS) is 17.1. The van der Waals surface area contributed by atoms with Gasteiger partial charge >= 0.3 is 0 Å². The molecule has 0 bridgehead atoms. The first-order valence-corrected chi connectivity index (χ1v) is 9.74. The first kappa shape index (κ1) is 18.6. The lowest BCUT2D eigenvalue weighted by Gasteiger charge is -2.35. The van der Waals surface area contributed by atoms with E-state index in [1.54, 1.807) is 12.1 Å². The Hall–Kier alpha value is -0.730. The van der Waals surface area contributed by atoms with Gasteiger partial charge in [0.25, 0.3) is 9.70 Å². The predicted molar refractivity (Wildman–Crippen MR) is 94.0 cm³/mol. The highest BCUT2D eigenvalue weighted by molar-refractivity contribution is 7.88. The number of rotatable bonds is 3. The predicted octanol–water partition coefficient (Wildman–Crippen LogP) is 2.08. The number of piperazine rings is 1. The Morgan fingerprint density at radius 3 is 2.22 bits per heavy atom. The van der Waals surface area contributed by atoms with Crippen molar-refractivity contribution < 1.29 is 13.2 Å². The fourth-order valence-electron chi connectivity index (χ4n) is 2.31. The number of carbonyl (C=O) groups is 1. The van der Waals surface area contributed by atoms with Crippen LogP contribution in [0.5, 0.6) is 0 Å². The number of alkyl halides is 3. The third-order valence-corrected chi connectivity index (χ3v) is 5.28. The number of anilines is 2. The summed E-state index contributed by atoms with van der Waals surface area (Å²) in [6.07, 6.45) is 1.19. The highest BCUT2D eigenvalue weighted by Gasteiger charge is 2.32. The molecule has 2 rings (SSSR count). The molecule has 0 atom stereocenters. The number of halogens is 3. The van der Waals surface area contributed by atoms with Crippen molar-refractivity contribution in [2.24, 2.45) is 0 Å². The molecule has 0 radical (unpaired) electrons. The van der Waals surface area contributed by atoms with Crippen molar-refractivity contribution in [3.05, 3.63) is 24.3 Å². The van der Waals surface area contributed by atoms with E-state index in [1.165, 1.54) is 10.6 Å². The van der Waals surface area contributed by atoms with E-state index in [4.69, 9.17) is 34.8 Å². The van der Waals surface area contributed by atoms with Crippen LogP contribution in [-0.4, -0.2) is 54.9 Å². The number of hydrogen-bond donors (Lipinski definition) is 1. The van der Waals surface area contributed by atoms with Gasteiger partial charge in [0, 0.05) is 26.2 Å². The number of sulfonamides is 1. The summed E-state index contributed by atoms with van der Waals surface area (Å²) in [6, 6.07) is 7.10. The molecule has 1 heterocycles. The Bertz CT molecular complexity index is 683. The molecule has 0 saturated carbocycles. The van der Waals surface area contributed by atoms with Gasteiger partial charge in [-0.1, -0.05) is 46.9 Å². The van der Waals surface area contributed by atoms with E-state index in [0.717, 1.165) is 5.69 Å². The molecule has 1 aliphatic rings. The summed E-state index contributed by atoms with van der Waals surface area (Å²) in [6.45, 7) is 1.78. The Morgan fingerprint density at radius 2 is 1.70 bits per heavy atom. The summed E-state index contributed by atoms with van der Waals surface area (Å²) in [5, 5.41) is 2.58. The van der Waals surface area contributed by atoms with Gasteiger partial charge in [-0.15, -0.1) is 0 Å². The molecule has 0 aromatic heterocycles. The molecule has 1 aromatic carbocycles. The molecular weight excluding hydrogens is 385 g/mol.